The van der Waals surface area contributed by atoms with Gasteiger partial charge in [-0.3, -0.25) is 9.69 Å². The van der Waals surface area contributed by atoms with E-state index in [-0.39, 0.29) is 12.0 Å². The molecular weight excluding hydrogens is 192 g/mol. The van der Waals surface area contributed by atoms with Crippen molar-refractivity contribution >= 4 is 5.97 Å². The van der Waals surface area contributed by atoms with E-state index in [0.29, 0.717) is 0 Å². The average Bonchev–Trinajstić information content (AvgIpc) is 2.59. The third-order valence-corrected chi connectivity index (χ3v) is 3.92. The van der Waals surface area contributed by atoms with E-state index in [9.17, 15) is 4.79 Å². The van der Waals surface area contributed by atoms with Gasteiger partial charge in [-0.15, -0.1) is 0 Å². The van der Waals surface area contributed by atoms with E-state index in [1.165, 1.54) is 12.8 Å². The summed E-state index contributed by atoms with van der Waals surface area (Å²) in [6.07, 6.45) is 2.74. The second-order valence-electron chi connectivity index (χ2n) is 4.91. The van der Waals surface area contributed by atoms with Crippen LogP contribution >= 0.6 is 0 Å². The van der Waals surface area contributed by atoms with Gasteiger partial charge in [-0.2, -0.15) is 0 Å². The summed E-state index contributed by atoms with van der Waals surface area (Å²) < 4.78 is 0. The summed E-state index contributed by atoms with van der Waals surface area (Å²) in [7, 11) is 0. The van der Waals surface area contributed by atoms with Crippen LogP contribution in [0.1, 0.15) is 26.2 Å². The molecule has 0 radical (unpaired) electrons. The summed E-state index contributed by atoms with van der Waals surface area (Å²) in [5.74, 6) is 0.104. The van der Waals surface area contributed by atoms with Crippen LogP contribution in [0.5, 0.6) is 0 Å². The molecule has 0 aromatic carbocycles. The molecule has 2 heterocycles. The predicted molar refractivity (Wildman–Crippen MR) is 57.8 cm³/mol. The fraction of sp³-hybridized carbons (Fsp3) is 0.909. The van der Waals surface area contributed by atoms with Crippen molar-refractivity contribution in [3.63, 3.8) is 0 Å². The SMILES string of the molecule is CCC1CCN(C2(CC(=O)O)CNC2)C1. The summed E-state index contributed by atoms with van der Waals surface area (Å²) in [6, 6.07) is 0. The molecule has 4 heteroatoms. The van der Waals surface area contributed by atoms with E-state index >= 15 is 0 Å². The van der Waals surface area contributed by atoms with Crippen molar-refractivity contribution in [3.05, 3.63) is 0 Å². The molecule has 0 aliphatic carbocycles. The molecule has 2 N–H and O–H groups in total. The Morgan fingerprint density at radius 3 is 2.73 bits per heavy atom. The highest BCUT2D eigenvalue weighted by Gasteiger charge is 2.46. The fourth-order valence-electron chi connectivity index (χ4n) is 2.75. The molecule has 15 heavy (non-hydrogen) atoms. The molecule has 0 spiro atoms. The molecule has 0 aromatic rings. The summed E-state index contributed by atoms with van der Waals surface area (Å²) in [5, 5.41) is 12.2. The van der Waals surface area contributed by atoms with Crippen LogP contribution in [-0.4, -0.2) is 47.7 Å². The highest BCUT2D eigenvalue weighted by Crippen LogP contribution is 2.31. The first kappa shape index (κ1) is 10.9. The van der Waals surface area contributed by atoms with Crippen LogP contribution in [0.4, 0.5) is 0 Å². The van der Waals surface area contributed by atoms with Crippen LogP contribution in [-0.2, 0) is 4.79 Å². The maximum atomic E-state index is 10.9. The summed E-state index contributed by atoms with van der Waals surface area (Å²) in [5.41, 5.74) is -0.0737. The van der Waals surface area contributed by atoms with Crippen molar-refractivity contribution in [2.24, 2.45) is 5.92 Å². The summed E-state index contributed by atoms with van der Waals surface area (Å²) in [4.78, 5) is 13.3. The van der Waals surface area contributed by atoms with Gasteiger partial charge in [-0.25, -0.2) is 0 Å². The molecule has 86 valence electrons. The molecule has 2 rings (SSSR count). The number of carboxylic acids is 1. The molecule has 2 aliphatic rings. The summed E-state index contributed by atoms with van der Waals surface area (Å²) >= 11 is 0. The lowest BCUT2D eigenvalue weighted by Gasteiger charge is -2.48. The highest BCUT2D eigenvalue weighted by atomic mass is 16.4. The lowest BCUT2D eigenvalue weighted by molar-refractivity contribution is -0.141. The van der Waals surface area contributed by atoms with Gasteiger partial charge in [0.05, 0.1) is 12.0 Å². The Morgan fingerprint density at radius 2 is 2.33 bits per heavy atom. The number of rotatable bonds is 4. The Bertz CT molecular complexity index is 251. The molecular formula is C11H20N2O2. The van der Waals surface area contributed by atoms with Crippen molar-refractivity contribution in [2.45, 2.75) is 31.7 Å². The quantitative estimate of drug-likeness (QED) is 0.714. The molecule has 1 atom stereocenters. The smallest absolute Gasteiger partial charge is 0.305 e. The van der Waals surface area contributed by atoms with Crippen LogP contribution in [0.15, 0.2) is 0 Å². The average molecular weight is 212 g/mol. The van der Waals surface area contributed by atoms with E-state index < -0.39 is 5.97 Å². The standard InChI is InChI=1S/C11H20N2O2/c1-2-9-3-4-13(6-9)11(5-10(14)15)7-12-8-11/h9,12H,2-8H2,1H3,(H,14,15). The van der Waals surface area contributed by atoms with Crippen LogP contribution in [0.25, 0.3) is 0 Å². The van der Waals surface area contributed by atoms with Gasteiger partial charge in [0.1, 0.15) is 0 Å². The number of carboxylic acid groups (broad SMARTS) is 1. The number of hydrogen-bond donors (Lipinski definition) is 2. The normalized spacial score (nSPS) is 30.1. The van der Waals surface area contributed by atoms with Crippen molar-refractivity contribution in [3.8, 4) is 0 Å². The molecule has 2 fully saturated rings. The van der Waals surface area contributed by atoms with E-state index in [1.807, 2.05) is 0 Å². The number of nitrogens with one attached hydrogen (secondary N) is 1. The van der Waals surface area contributed by atoms with Gasteiger partial charge in [-0.1, -0.05) is 13.3 Å². The van der Waals surface area contributed by atoms with Crippen molar-refractivity contribution in [1.82, 2.24) is 10.2 Å². The van der Waals surface area contributed by atoms with Gasteiger partial charge in [0.25, 0.3) is 0 Å². The molecule has 0 bridgehead atoms. The second-order valence-corrected chi connectivity index (χ2v) is 4.91. The maximum absolute atomic E-state index is 10.9. The lowest BCUT2D eigenvalue weighted by atomic mass is 9.86. The highest BCUT2D eigenvalue weighted by molar-refractivity contribution is 5.68. The number of hydrogen-bond acceptors (Lipinski definition) is 3. The Labute approximate surface area is 90.6 Å². The van der Waals surface area contributed by atoms with Crippen LogP contribution < -0.4 is 5.32 Å². The van der Waals surface area contributed by atoms with Crippen LogP contribution in [0.3, 0.4) is 0 Å². The van der Waals surface area contributed by atoms with Gasteiger partial charge >= 0.3 is 5.97 Å². The Morgan fingerprint density at radius 1 is 1.60 bits per heavy atom. The first-order valence-electron chi connectivity index (χ1n) is 5.84. The van der Waals surface area contributed by atoms with E-state index in [1.54, 1.807) is 0 Å². The van der Waals surface area contributed by atoms with Gasteiger partial charge in [0.2, 0.25) is 0 Å². The first-order valence-corrected chi connectivity index (χ1v) is 5.84. The Kier molecular flexibility index (Phi) is 2.98. The third kappa shape index (κ3) is 2.01. The first-order chi connectivity index (χ1) is 7.16. The van der Waals surface area contributed by atoms with Crippen LogP contribution in [0.2, 0.25) is 0 Å². The molecule has 0 saturated carbocycles. The number of carbonyl (C=O) groups is 1. The number of aliphatic carboxylic acids is 1. The molecule has 0 aromatic heterocycles. The van der Waals surface area contributed by atoms with Gasteiger partial charge < -0.3 is 10.4 Å². The zero-order valence-electron chi connectivity index (χ0n) is 9.33. The minimum absolute atomic E-state index is 0.0737. The van der Waals surface area contributed by atoms with E-state index in [0.717, 1.165) is 32.1 Å². The molecule has 0 amide bonds. The second kappa shape index (κ2) is 4.10. The monoisotopic (exact) mass is 212 g/mol. The minimum Gasteiger partial charge on any atom is -0.481 e. The van der Waals surface area contributed by atoms with Crippen LogP contribution in [0, 0.1) is 5.92 Å². The molecule has 2 saturated heterocycles. The van der Waals surface area contributed by atoms with Crippen molar-refractivity contribution < 1.29 is 9.90 Å². The Hall–Kier alpha value is -0.610. The van der Waals surface area contributed by atoms with Crippen molar-refractivity contribution in [1.29, 1.82) is 0 Å². The lowest BCUT2D eigenvalue weighted by Crippen LogP contribution is -2.69. The number of nitrogens with zero attached hydrogens (tertiary/aromatic N) is 1. The maximum Gasteiger partial charge on any atom is 0.305 e. The molecule has 1 unspecified atom stereocenters. The van der Waals surface area contributed by atoms with Crippen molar-refractivity contribution in [2.75, 3.05) is 26.2 Å². The molecule has 2 aliphatic heterocycles. The number of likely N-dealkylation sites (tertiary alicyclic amines) is 1. The topological polar surface area (TPSA) is 52.6 Å². The largest absolute Gasteiger partial charge is 0.481 e. The van der Waals surface area contributed by atoms with Gasteiger partial charge in [-0.05, 0) is 18.9 Å². The third-order valence-electron chi connectivity index (χ3n) is 3.92. The zero-order valence-corrected chi connectivity index (χ0v) is 9.33. The van der Waals surface area contributed by atoms with E-state index in [2.05, 4.69) is 17.1 Å². The summed E-state index contributed by atoms with van der Waals surface area (Å²) in [6.45, 7) is 6.07. The molecule has 4 nitrogen and oxygen atoms in total. The minimum atomic E-state index is -0.670. The van der Waals surface area contributed by atoms with Gasteiger partial charge in [0, 0.05) is 19.6 Å². The zero-order chi connectivity index (χ0) is 10.9. The predicted octanol–water partition coefficient (Wildman–Crippen LogP) is 0.535. The van der Waals surface area contributed by atoms with Gasteiger partial charge in [0.15, 0.2) is 0 Å². The van der Waals surface area contributed by atoms with E-state index in [4.69, 9.17) is 5.11 Å². The fourth-order valence-corrected chi connectivity index (χ4v) is 2.75. The Balaban J connectivity index is 1.98.